The first-order chi connectivity index (χ1) is 10.7. The lowest BCUT2D eigenvalue weighted by Crippen LogP contribution is -2.02. The third-order valence-electron chi connectivity index (χ3n) is 2.98. The summed E-state index contributed by atoms with van der Waals surface area (Å²) in [6.45, 7) is 2.02. The van der Waals surface area contributed by atoms with Crippen LogP contribution in [-0.4, -0.2) is 15.2 Å². The van der Waals surface area contributed by atoms with Gasteiger partial charge in [-0.25, -0.2) is 4.39 Å². The molecule has 0 unspecified atom stereocenters. The highest BCUT2D eigenvalue weighted by Crippen LogP contribution is 2.17. The molecule has 2 aromatic carbocycles. The zero-order valence-corrected chi connectivity index (χ0v) is 11.9. The number of nitrogens with zero attached hydrogens (tertiary/aromatic N) is 3. The second kappa shape index (κ2) is 6.17. The van der Waals surface area contributed by atoms with Crippen LogP contribution >= 0.6 is 0 Å². The Balaban J connectivity index is 1.74. The number of anilines is 4. The summed E-state index contributed by atoms with van der Waals surface area (Å²) in [5.41, 5.74) is 2.78. The van der Waals surface area contributed by atoms with E-state index in [-0.39, 0.29) is 5.82 Å². The number of halogens is 1. The van der Waals surface area contributed by atoms with Gasteiger partial charge in [0.15, 0.2) is 5.82 Å². The highest BCUT2D eigenvalue weighted by molar-refractivity contribution is 5.58. The van der Waals surface area contributed by atoms with Crippen molar-refractivity contribution in [2.75, 3.05) is 10.6 Å². The topological polar surface area (TPSA) is 62.7 Å². The molecular weight excluding hydrogens is 281 g/mol. The Labute approximate surface area is 127 Å². The number of hydrogen-bond acceptors (Lipinski definition) is 5. The fraction of sp³-hybridized carbons (Fsp3) is 0.0625. The zero-order chi connectivity index (χ0) is 15.4. The molecule has 2 N–H and O–H groups in total. The molecule has 3 aromatic rings. The number of aryl methyl sites for hydroxylation is 1. The normalized spacial score (nSPS) is 10.3. The van der Waals surface area contributed by atoms with Gasteiger partial charge in [0.1, 0.15) is 5.82 Å². The van der Waals surface area contributed by atoms with E-state index in [1.165, 1.54) is 23.9 Å². The van der Waals surface area contributed by atoms with E-state index in [0.717, 1.165) is 11.4 Å². The predicted molar refractivity (Wildman–Crippen MR) is 84.0 cm³/mol. The first-order valence-corrected chi connectivity index (χ1v) is 6.75. The molecule has 110 valence electrons. The predicted octanol–water partition coefficient (Wildman–Crippen LogP) is 3.81. The maximum atomic E-state index is 12.9. The lowest BCUT2D eigenvalue weighted by Gasteiger charge is -2.07. The van der Waals surface area contributed by atoms with Crippen LogP contribution in [0.2, 0.25) is 0 Å². The Morgan fingerprint density at radius 3 is 2.23 bits per heavy atom. The van der Waals surface area contributed by atoms with Gasteiger partial charge in [-0.1, -0.05) is 17.7 Å². The minimum atomic E-state index is -0.284. The molecule has 6 heteroatoms. The van der Waals surface area contributed by atoms with Gasteiger partial charge < -0.3 is 10.6 Å². The van der Waals surface area contributed by atoms with Gasteiger partial charge in [0, 0.05) is 11.4 Å². The molecule has 0 bridgehead atoms. The van der Waals surface area contributed by atoms with E-state index in [4.69, 9.17) is 0 Å². The van der Waals surface area contributed by atoms with Crippen molar-refractivity contribution >= 4 is 23.1 Å². The van der Waals surface area contributed by atoms with E-state index in [2.05, 4.69) is 25.8 Å². The van der Waals surface area contributed by atoms with Crippen LogP contribution in [-0.2, 0) is 0 Å². The van der Waals surface area contributed by atoms with E-state index < -0.39 is 0 Å². The first-order valence-electron chi connectivity index (χ1n) is 6.75. The number of nitrogens with one attached hydrogen (secondary N) is 2. The number of rotatable bonds is 4. The smallest absolute Gasteiger partial charge is 0.249 e. The molecular formula is C16H14FN5. The van der Waals surface area contributed by atoms with Crippen molar-refractivity contribution in [2.45, 2.75) is 6.92 Å². The number of aromatic nitrogens is 3. The minimum absolute atomic E-state index is 0.284. The fourth-order valence-corrected chi connectivity index (χ4v) is 1.86. The maximum Gasteiger partial charge on any atom is 0.249 e. The van der Waals surface area contributed by atoms with Crippen molar-refractivity contribution in [2.24, 2.45) is 0 Å². The molecule has 0 spiro atoms. The van der Waals surface area contributed by atoms with Gasteiger partial charge in [-0.3, -0.25) is 0 Å². The van der Waals surface area contributed by atoms with Crippen LogP contribution in [0, 0.1) is 12.7 Å². The third-order valence-corrected chi connectivity index (χ3v) is 2.98. The molecule has 0 fully saturated rings. The largest absolute Gasteiger partial charge is 0.339 e. The summed E-state index contributed by atoms with van der Waals surface area (Å²) in [7, 11) is 0. The molecule has 5 nitrogen and oxygen atoms in total. The summed E-state index contributed by atoms with van der Waals surface area (Å²) in [6, 6.07) is 13.9. The van der Waals surface area contributed by atoms with Crippen molar-refractivity contribution in [1.82, 2.24) is 15.2 Å². The molecule has 1 aromatic heterocycles. The van der Waals surface area contributed by atoms with Crippen LogP contribution in [0.5, 0.6) is 0 Å². The summed E-state index contributed by atoms with van der Waals surface area (Å²) < 4.78 is 12.9. The van der Waals surface area contributed by atoms with E-state index >= 15 is 0 Å². The van der Waals surface area contributed by atoms with Gasteiger partial charge in [-0.15, -0.1) is 5.10 Å². The Hall–Kier alpha value is -3.02. The van der Waals surface area contributed by atoms with Crippen molar-refractivity contribution < 1.29 is 4.39 Å². The van der Waals surface area contributed by atoms with Gasteiger partial charge in [0.25, 0.3) is 0 Å². The van der Waals surface area contributed by atoms with Crippen molar-refractivity contribution in [3.05, 3.63) is 66.1 Å². The van der Waals surface area contributed by atoms with Crippen LogP contribution < -0.4 is 10.6 Å². The molecule has 0 atom stereocenters. The molecule has 0 radical (unpaired) electrons. The minimum Gasteiger partial charge on any atom is -0.339 e. The average Bonchev–Trinajstić information content (AvgIpc) is 2.52. The van der Waals surface area contributed by atoms with Gasteiger partial charge >= 0.3 is 0 Å². The van der Waals surface area contributed by atoms with Crippen LogP contribution in [0.1, 0.15) is 5.56 Å². The van der Waals surface area contributed by atoms with E-state index in [0.29, 0.717) is 11.8 Å². The van der Waals surface area contributed by atoms with Crippen molar-refractivity contribution in [1.29, 1.82) is 0 Å². The number of benzene rings is 2. The molecule has 0 aliphatic heterocycles. The lowest BCUT2D eigenvalue weighted by atomic mass is 10.2. The summed E-state index contributed by atoms with van der Waals surface area (Å²) in [4.78, 5) is 4.32. The Kier molecular flexibility index (Phi) is 3.91. The van der Waals surface area contributed by atoms with E-state index in [1.54, 1.807) is 12.1 Å². The quantitative estimate of drug-likeness (QED) is 0.766. The second-order valence-corrected chi connectivity index (χ2v) is 4.79. The van der Waals surface area contributed by atoms with Crippen molar-refractivity contribution in [3.8, 4) is 0 Å². The van der Waals surface area contributed by atoms with Gasteiger partial charge in [-0.2, -0.15) is 10.1 Å². The van der Waals surface area contributed by atoms with Gasteiger partial charge in [0.05, 0.1) is 6.20 Å². The highest BCUT2D eigenvalue weighted by atomic mass is 19.1. The maximum absolute atomic E-state index is 12.9. The zero-order valence-electron chi connectivity index (χ0n) is 11.9. The highest BCUT2D eigenvalue weighted by Gasteiger charge is 2.02. The molecule has 0 aliphatic carbocycles. The average molecular weight is 295 g/mol. The molecule has 0 amide bonds. The SMILES string of the molecule is Cc1ccc(Nc2nncc(Nc3ccc(F)cc3)n2)cc1. The first kappa shape index (κ1) is 13.9. The van der Waals surface area contributed by atoms with E-state index in [9.17, 15) is 4.39 Å². The molecule has 0 aliphatic rings. The fourth-order valence-electron chi connectivity index (χ4n) is 1.86. The van der Waals surface area contributed by atoms with Crippen LogP contribution in [0.25, 0.3) is 0 Å². The van der Waals surface area contributed by atoms with Crippen LogP contribution in [0.15, 0.2) is 54.7 Å². The summed E-state index contributed by atoms with van der Waals surface area (Å²) >= 11 is 0. The number of hydrogen-bond donors (Lipinski definition) is 2. The summed E-state index contributed by atoms with van der Waals surface area (Å²) in [6.07, 6.45) is 1.50. The molecule has 1 heterocycles. The molecule has 0 saturated carbocycles. The van der Waals surface area contributed by atoms with Crippen LogP contribution in [0.3, 0.4) is 0 Å². The monoisotopic (exact) mass is 295 g/mol. The standard InChI is InChI=1S/C16H14FN5/c1-11-2-6-14(7-3-11)20-16-21-15(10-18-22-16)19-13-8-4-12(17)5-9-13/h2-10H,1H3,(H2,19,20,21,22). The van der Waals surface area contributed by atoms with Gasteiger partial charge in [0.2, 0.25) is 5.95 Å². The van der Waals surface area contributed by atoms with Crippen LogP contribution in [0.4, 0.5) is 27.5 Å². The Morgan fingerprint density at radius 2 is 1.50 bits per heavy atom. The Bertz CT molecular complexity index is 693. The van der Waals surface area contributed by atoms with E-state index in [1.807, 2.05) is 31.2 Å². The molecule has 0 saturated heterocycles. The molecule has 22 heavy (non-hydrogen) atoms. The van der Waals surface area contributed by atoms with Crippen molar-refractivity contribution in [3.63, 3.8) is 0 Å². The summed E-state index contributed by atoms with van der Waals surface area (Å²) in [5, 5.41) is 14.0. The van der Waals surface area contributed by atoms with Gasteiger partial charge in [-0.05, 0) is 43.3 Å². The second-order valence-electron chi connectivity index (χ2n) is 4.79. The molecule has 3 rings (SSSR count). The summed E-state index contributed by atoms with van der Waals surface area (Å²) in [5.74, 6) is 0.625. The lowest BCUT2D eigenvalue weighted by molar-refractivity contribution is 0.628. The Morgan fingerprint density at radius 1 is 0.864 bits per heavy atom. The third kappa shape index (κ3) is 3.54.